The molecule has 4 nitrogen and oxygen atoms in total. The number of nitrogens with zero attached hydrogens (tertiary/aromatic N) is 2. The molecule has 4 rings (SSSR count). The number of thioether (sulfide) groups is 1. The molecule has 2 atom stereocenters. The predicted molar refractivity (Wildman–Crippen MR) is 92.6 cm³/mol. The maximum Gasteiger partial charge on any atom is 0.250 e. The van der Waals surface area contributed by atoms with Crippen molar-refractivity contribution in [1.82, 2.24) is 4.90 Å². The minimum absolute atomic E-state index is 0.0984. The van der Waals surface area contributed by atoms with Crippen LogP contribution in [0.3, 0.4) is 0 Å². The normalized spacial score (nSPS) is 29.7. The summed E-state index contributed by atoms with van der Waals surface area (Å²) in [5.41, 5.74) is 3.53. The smallest absolute Gasteiger partial charge is 0.250 e. The molecule has 3 aliphatic rings. The van der Waals surface area contributed by atoms with Gasteiger partial charge in [-0.2, -0.15) is 0 Å². The van der Waals surface area contributed by atoms with Crippen LogP contribution >= 0.6 is 11.8 Å². The summed E-state index contributed by atoms with van der Waals surface area (Å²) in [4.78, 5) is 29.1. The average Bonchev–Trinajstić information content (AvgIpc) is 3.02. The van der Waals surface area contributed by atoms with E-state index in [9.17, 15) is 9.59 Å². The molecule has 2 saturated heterocycles. The topological polar surface area (TPSA) is 40.6 Å². The van der Waals surface area contributed by atoms with E-state index < -0.39 is 0 Å². The predicted octanol–water partition coefficient (Wildman–Crippen LogP) is 2.73. The summed E-state index contributed by atoms with van der Waals surface area (Å²) in [6.07, 6.45) is 3.45. The number of rotatable bonds is 1. The Balaban J connectivity index is 1.65. The molecule has 0 N–H and O–H groups in total. The third-order valence-corrected chi connectivity index (χ3v) is 6.85. The fourth-order valence-corrected chi connectivity index (χ4v) is 5.56. The molecule has 2 fully saturated rings. The van der Waals surface area contributed by atoms with E-state index in [0.29, 0.717) is 6.42 Å². The lowest BCUT2D eigenvalue weighted by Gasteiger charge is -2.35. The van der Waals surface area contributed by atoms with E-state index in [1.54, 1.807) is 11.8 Å². The van der Waals surface area contributed by atoms with Gasteiger partial charge in [0.1, 0.15) is 6.04 Å². The number of aryl methyl sites for hydroxylation is 2. The van der Waals surface area contributed by atoms with Crippen LogP contribution in [0.4, 0.5) is 5.69 Å². The molecule has 0 spiro atoms. The zero-order valence-electron chi connectivity index (χ0n) is 13.7. The number of fused-ring (bicyclic) bond motifs is 2. The number of amides is 2. The van der Waals surface area contributed by atoms with Gasteiger partial charge in [-0.15, -0.1) is 11.8 Å². The first-order valence-electron chi connectivity index (χ1n) is 8.37. The Morgan fingerprint density at radius 2 is 2.17 bits per heavy atom. The Labute approximate surface area is 141 Å². The molecular formula is C18H22N2O2S. The molecule has 2 amide bonds. The molecule has 1 aromatic carbocycles. The van der Waals surface area contributed by atoms with Gasteiger partial charge in [-0.25, -0.2) is 0 Å². The largest absolute Gasteiger partial charge is 0.315 e. The van der Waals surface area contributed by atoms with Crippen LogP contribution in [0.2, 0.25) is 0 Å². The van der Waals surface area contributed by atoms with Gasteiger partial charge in [-0.3, -0.25) is 9.59 Å². The Kier molecular flexibility index (Phi) is 3.45. The minimum atomic E-state index is -0.299. The molecule has 0 bridgehead atoms. The minimum Gasteiger partial charge on any atom is -0.315 e. The quantitative estimate of drug-likeness (QED) is 0.795. The van der Waals surface area contributed by atoms with E-state index in [2.05, 4.69) is 32.0 Å². The van der Waals surface area contributed by atoms with E-state index >= 15 is 0 Å². The Hall–Kier alpha value is -1.49. The van der Waals surface area contributed by atoms with Crippen LogP contribution in [0.15, 0.2) is 18.2 Å². The highest BCUT2D eigenvalue weighted by Crippen LogP contribution is 2.48. The number of hydrogen-bond acceptors (Lipinski definition) is 3. The molecule has 23 heavy (non-hydrogen) atoms. The van der Waals surface area contributed by atoms with Crippen molar-refractivity contribution in [3.05, 3.63) is 29.3 Å². The summed E-state index contributed by atoms with van der Waals surface area (Å²) in [6, 6.07) is 6.02. The molecule has 3 heterocycles. The van der Waals surface area contributed by atoms with Gasteiger partial charge in [0.15, 0.2) is 0 Å². The summed E-state index contributed by atoms with van der Waals surface area (Å²) >= 11 is 1.76. The molecule has 0 saturated carbocycles. The number of carbonyl (C=O) groups excluding carboxylic acids is 2. The fraction of sp³-hybridized carbons (Fsp3) is 0.556. The van der Waals surface area contributed by atoms with Crippen LogP contribution < -0.4 is 4.90 Å². The van der Waals surface area contributed by atoms with Gasteiger partial charge in [-0.05, 0) is 44.7 Å². The van der Waals surface area contributed by atoms with Gasteiger partial charge >= 0.3 is 0 Å². The number of anilines is 1. The summed E-state index contributed by atoms with van der Waals surface area (Å²) in [5.74, 6) is 0.956. The second kappa shape index (κ2) is 5.26. The maximum absolute atomic E-state index is 13.2. The third-order valence-electron chi connectivity index (χ3n) is 5.35. The van der Waals surface area contributed by atoms with Crippen LogP contribution in [-0.2, 0) is 16.0 Å². The van der Waals surface area contributed by atoms with Crippen LogP contribution in [0.5, 0.6) is 0 Å². The highest BCUT2D eigenvalue weighted by Gasteiger charge is 2.53. The highest BCUT2D eigenvalue weighted by molar-refractivity contribution is 8.01. The van der Waals surface area contributed by atoms with Crippen LogP contribution in [0, 0.1) is 6.92 Å². The van der Waals surface area contributed by atoms with Gasteiger partial charge in [0.2, 0.25) is 5.91 Å². The third kappa shape index (κ3) is 2.28. The van der Waals surface area contributed by atoms with Gasteiger partial charge < -0.3 is 9.80 Å². The summed E-state index contributed by atoms with van der Waals surface area (Å²) in [6.45, 7) is 4.95. The van der Waals surface area contributed by atoms with Crippen molar-refractivity contribution in [2.24, 2.45) is 0 Å². The summed E-state index contributed by atoms with van der Waals surface area (Å²) in [7, 11) is 0. The highest BCUT2D eigenvalue weighted by atomic mass is 32.2. The molecular weight excluding hydrogens is 308 g/mol. The summed E-state index contributed by atoms with van der Waals surface area (Å²) in [5, 5.41) is 0. The molecule has 1 aromatic rings. The number of hydrogen-bond donors (Lipinski definition) is 0. The van der Waals surface area contributed by atoms with E-state index in [-0.39, 0.29) is 22.7 Å². The van der Waals surface area contributed by atoms with Gasteiger partial charge in [0.05, 0.1) is 4.87 Å². The first-order valence-corrected chi connectivity index (χ1v) is 9.35. The molecule has 122 valence electrons. The van der Waals surface area contributed by atoms with Gasteiger partial charge in [0.25, 0.3) is 5.91 Å². The molecule has 0 aromatic heterocycles. The number of benzene rings is 1. The van der Waals surface area contributed by atoms with Crippen molar-refractivity contribution in [3.63, 3.8) is 0 Å². The van der Waals surface area contributed by atoms with E-state index in [1.807, 2.05) is 9.80 Å². The second-order valence-electron chi connectivity index (χ2n) is 6.99. The van der Waals surface area contributed by atoms with Crippen LogP contribution in [-0.4, -0.2) is 39.9 Å². The van der Waals surface area contributed by atoms with E-state index in [0.717, 1.165) is 37.2 Å². The molecule has 0 radical (unpaired) electrons. The molecule has 3 aliphatic heterocycles. The zero-order valence-corrected chi connectivity index (χ0v) is 14.5. The van der Waals surface area contributed by atoms with Crippen molar-refractivity contribution in [1.29, 1.82) is 0 Å². The first kappa shape index (κ1) is 15.1. The second-order valence-corrected chi connectivity index (χ2v) is 8.49. The Morgan fingerprint density at radius 3 is 3.00 bits per heavy atom. The lowest BCUT2D eigenvalue weighted by atomic mass is 9.99. The number of carbonyl (C=O) groups is 2. The van der Waals surface area contributed by atoms with Crippen molar-refractivity contribution < 1.29 is 9.59 Å². The van der Waals surface area contributed by atoms with Crippen LogP contribution in [0.1, 0.15) is 37.3 Å². The van der Waals surface area contributed by atoms with Crippen molar-refractivity contribution in [2.75, 3.05) is 17.2 Å². The Morgan fingerprint density at radius 1 is 1.35 bits per heavy atom. The fourth-order valence-electron chi connectivity index (χ4n) is 4.14. The average molecular weight is 330 g/mol. The van der Waals surface area contributed by atoms with Crippen molar-refractivity contribution in [3.8, 4) is 0 Å². The lowest BCUT2D eigenvalue weighted by Crippen LogP contribution is -2.52. The van der Waals surface area contributed by atoms with Gasteiger partial charge in [-0.1, -0.05) is 17.7 Å². The van der Waals surface area contributed by atoms with Gasteiger partial charge in [0, 0.05) is 24.4 Å². The van der Waals surface area contributed by atoms with Crippen LogP contribution in [0.25, 0.3) is 0 Å². The first-order chi connectivity index (χ1) is 11.0. The van der Waals surface area contributed by atoms with E-state index in [4.69, 9.17) is 0 Å². The lowest BCUT2D eigenvalue weighted by molar-refractivity contribution is -0.136. The monoisotopic (exact) mass is 330 g/mol. The standard InChI is InChI=1S/C18H22N2O2S/c1-12-5-6-14-13(10-12)4-3-9-19(14)17(22)15-11-23-18(2)8-7-16(21)20(15)18/h5-6,10,15H,3-4,7-9,11H2,1-2H3. The zero-order chi connectivity index (χ0) is 16.2. The van der Waals surface area contributed by atoms with E-state index in [1.165, 1.54) is 11.1 Å². The SMILES string of the molecule is Cc1ccc2c(c1)CCCN2C(=O)C1CSC2(C)CCC(=O)N12. The van der Waals surface area contributed by atoms with Crippen molar-refractivity contribution in [2.45, 2.75) is 50.4 Å². The van der Waals surface area contributed by atoms with Crippen molar-refractivity contribution >= 4 is 29.3 Å². The molecule has 2 unspecified atom stereocenters. The molecule has 0 aliphatic carbocycles. The Bertz CT molecular complexity index is 690. The maximum atomic E-state index is 13.2. The molecule has 5 heteroatoms. The summed E-state index contributed by atoms with van der Waals surface area (Å²) < 4.78 is 0.